The van der Waals surface area contributed by atoms with Crippen LogP contribution in [-0.2, 0) is 9.59 Å². The molecular weight excluding hydrogens is 238 g/mol. The third-order valence-electron chi connectivity index (χ3n) is 2.95. The molecule has 1 aliphatic heterocycles. The monoisotopic (exact) mass is 257 g/mol. The predicted molar refractivity (Wildman–Crippen MR) is 63.8 cm³/mol. The molecule has 0 saturated carbocycles. The summed E-state index contributed by atoms with van der Waals surface area (Å²) < 4.78 is 0. The Labute approximate surface area is 105 Å². The lowest BCUT2D eigenvalue weighted by molar-refractivity contribution is -0.137. The number of likely N-dealkylation sites (tertiary alicyclic amines) is 1. The number of amides is 3. The Morgan fingerprint density at radius 3 is 2.72 bits per heavy atom. The number of carbonyl (C=O) groups excluding carboxylic acids is 2. The highest BCUT2D eigenvalue weighted by Gasteiger charge is 2.26. The molecule has 1 unspecified atom stereocenters. The fraction of sp³-hybridized carbons (Fsp3) is 0.727. The van der Waals surface area contributed by atoms with Crippen LogP contribution in [-0.4, -0.2) is 47.5 Å². The van der Waals surface area contributed by atoms with E-state index in [9.17, 15) is 14.4 Å². The van der Waals surface area contributed by atoms with Crippen molar-refractivity contribution >= 4 is 17.9 Å². The van der Waals surface area contributed by atoms with E-state index in [4.69, 9.17) is 10.8 Å². The zero-order valence-corrected chi connectivity index (χ0v) is 10.2. The molecule has 1 rings (SSSR count). The van der Waals surface area contributed by atoms with Gasteiger partial charge in [-0.3, -0.25) is 9.59 Å². The molecule has 1 aliphatic rings. The third-order valence-corrected chi connectivity index (χ3v) is 2.95. The maximum Gasteiger partial charge on any atom is 0.317 e. The summed E-state index contributed by atoms with van der Waals surface area (Å²) in [6.07, 6.45) is 1.91. The second kappa shape index (κ2) is 6.83. The van der Waals surface area contributed by atoms with Crippen molar-refractivity contribution in [3.8, 4) is 0 Å². The molecule has 4 N–H and O–H groups in total. The Hall–Kier alpha value is -1.79. The number of hydrogen-bond donors (Lipinski definition) is 3. The van der Waals surface area contributed by atoms with E-state index in [0.29, 0.717) is 26.1 Å². The number of hydrogen-bond acceptors (Lipinski definition) is 3. The largest absolute Gasteiger partial charge is 0.481 e. The van der Waals surface area contributed by atoms with Crippen LogP contribution in [0.25, 0.3) is 0 Å². The molecular formula is C11H19N3O4. The lowest BCUT2D eigenvalue weighted by Crippen LogP contribution is -2.48. The highest BCUT2D eigenvalue weighted by molar-refractivity contribution is 5.79. The van der Waals surface area contributed by atoms with Crippen LogP contribution in [0.2, 0.25) is 0 Å². The minimum atomic E-state index is -0.879. The zero-order valence-electron chi connectivity index (χ0n) is 10.2. The Morgan fingerprint density at radius 2 is 2.11 bits per heavy atom. The van der Waals surface area contributed by atoms with Crippen LogP contribution in [0.3, 0.4) is 0 Å². The first-order chi connectivity index (χ1) is 8.50. The molecule has 3 amide bonds. The molecule has 0 aromatic carbocycles. The summed E-state index contributed by atoms with van der Waals surface area (Å²) in [6.45, 7) is 1.28. The first kappa shape index (κ1) is 14.3. The molecule has 7 nitrogen and oxygen atoms in total. The van der Waals surface area contributed by atoms with Crippen LogP contribution in [0.15, 0.2) is 0 Å². The first-order valence-corrected chi connectivity index (χ1v) is 6.04. The van der Waals surface area contributed by atoms with E-state index in [-0.39, 0.29) is 24.3 Å². The van der Waals surface area contributed by atoms with Crippen LogP contribution in [0, 0.1) is 5.92 Å². The molecule has 0 spiro atoms. The molecule has 1 fully saturated rings. The highest BCUT2D eigenvalue weighted by Crippen LogP contribution is 2.15. The maximum absolute atomic E-state index is 11.7. The van der Waals surface area contributed by atoms with Gasteiger partial charge in [-0.05, 0) is 19.3 Å². The number of carboxylic acid groups (broad SMARTS) is 1. The van der Waals surface area contributed by atoms with Crippen molar-refractivity contribution in [2.24, 2.45) is 11.7 Å². The number of nitrogens with two attached hydrogens (primary N) is 1. The summed E-state index contributed by atoms with van der Waals surface area (Å²) in [6, 6.07) is -0.258. The van der Waals surface area contributed by atoms with E-state index < -0.39 is 5.97 Å². The summed E-state index contributed by atoms with van der Waals surface area (Å²) in [5, 5.41) is 11.1. The van der Waals surface area contributed by atoms with Crippen molar-refractivity contribution in [2.45, 2.75) is 25.7 Å². The summed E-state index contributed by atoms with van der Waals surface area (Å²) in [7, 11) is 0. The maximum atomic E-state index is 11.7. The molecule has 0 radical (unpaired) electrons. The van der Waals surface area contributed by atoms with Gasteiger partial charge < -0.3 is 21.1 Å². The van der Waals surface area contributed by atoms with Gasteiger partial charge in [-0.1, -0.05) is 0 Å². The minimum absolute atomic E-state index is 0.0319. The van der Waals surface area contributed by atoms with Crippen LogP contribution in [0.5, 0.6) is 0 Å². The second-order valence-corrected chi connectivity index (χ2v) is 4.42. The van der Waals surface area contributed by atoms with E-state index in [0.717, 1.165) is 12.8 Å². The van der Waals surface area contributed by atoms with Gasteiger partial charge in [-0.2, -0.15) is 0 Å². The molecule has 1 heterocycles. The second-order valence-electron chi connectivity index (χ2n) is 4.42. The van der Waals surface area contributed by atoms with Crippen LogP contribution >= 0.6 is 0 Å². The van der Waals surface area contributed by atoms with Crippen LogP contribution in [0.1, 0.15) is 25.7 Å². The number of nitrogens with zero attached hydrogens (tertiary/aromatic N) is 1. The van der Waals surface area contributed by atoms with Gasteiger partial charge in [0.25, 0.3) is 0 Å². The number of urea groups is 1. The Balaban J connectivity index is 2.28. The van der Waals surface area contributed by atoms with Crippen molar-refractivity contribution in [3.63, 3.8) is 0 Å². The van der Waals surface area contributed by atoms with Crippen LogP contribution in [0.4, 0.5) is 4.79 Å². The lowest BCUT2D eigenvalue weighted by atomic mass is 9.98. The Bertz CT molecular complexity index is 332. The number of primary amides is 1. The van der Waals surface area contributed by atoms with Crippen LogP contribution < -0.4 is 11.1 Å². The zero-order chi connectivity index (χ0) is 13.5. The summed E-state index contributed by atoms with van der Waals surface area (Å²) in [4.78, 5) is 34.6. The Morgan fingerprint density at radius 1 is 1.39 bits per heavy atom. The number of piperidine rings is 1. The smallest absolute Gasteiger partial charge is 0.317 e. The highest BCUT2D eigenvalue weighted by atomic mass is 16.4. The lowest BCUT2D eigenvalue weighted by Gasteiger charge is -2.31. The van der Waals surface area contributed by atoms with Gasteiger partial charge >= 0.3 is 12.0 Å². The molecule has 102 valence electrons. The van der Waals surface area contributed by atoms with Crippen molar-refractivity contribution in [2.75, 3.05) is 19.6 Å². The van der Waals surface area contributed by atoms with Crippen molar-refractivity contribution < 1.29 is 19.5 Å². The molecule has 0 aromatic rings. The standard InChI is InChI=1S/C11H19N3O4/c12-10(17)8-3-2-6-14(7-8)11(18)13-5-1-4-9(15)16/h8H,1-7H2,(H2,12,17)(H,13,18)(H,15,16). The number of aliphatic carboxylic acids is 1. The topological polar surface area (TPSA) is 113 Å². The predicted octanol–water partition coefficient (Wildman–Crippen LogP) is -0.242. The fourth-order valence-corrected chi connectivity index (χ4v) is 1.94. The summed E-state index contributed by atoms with van der Waals surface area (Å²) in [5.74, 6) is -1.53. The molecule has 0 bridgehead atoms. The number of nitrogens with one attached hydrogen (secondary N) is 1. The molecule has 0 aromatic heterocycles. The molecule has 7 heteroatoms. The molecule has 0 aliphatic carbocycles. The van der Waals surface area contributed by atoms with Gasteiger partial charge in [-0.15, -0.1) is 0 Å². The molecule has 1 atom stereocenters. The quantitative estimate of drug-likeness (QED) is 0.590. The minimum Gasteiger partial charge on any atom is -0.481 e. The number of rotatable bonds is 5. The van der Waals surface area contributed by atoms with Crippen molar-refractivity contribution in [1.29, 1.82) is 0 Å². The average Bonchev–Trinajstić information content (AvgIpc) is 2.34. The van der Waals surface area contributed by atoms with Gasteiger partial charge in [0.05, 0.1) is 5.92 Å². The van der Waals surface area contributed by atoms with Gasteiger partial charge in [0, 0.05) is 26.1 Å². The molecule has 1 saturated heterocycles. The number of carbonyl (C=O) groups is 3. The summed E-state index contributed by atoms with van der Waals surface area (Å²) >= 11 is 0. The third kappa shape index (κ3) is 4.60. The Kier molecular flexibility index (Phi) is 5.41. The number of carboxylic acids is 1. The fourth-order valence-electron chi connectivity index (χ4n) is 1.94. The van der Waals surface area contributed by atoms with E-state index in [1.54, 1.807) is 4.90 Å². The summed E-state index contributed by atoms with van der Waals surface area (Å²) in [5.41, 5.74) is 5.22. The van der Waals surface area contributed by atoms with E-state index in [1.165, 1.54) is 0 Å². The van der Waals surface area contributed by atoms with Gasteiger partial charge in [0.1, 0.15) is 0 Å². The van der Waals surface area contributed by atoms with E-state index in [1.807, 2.05) is 0 Å². The van der Waals surface area contributed by atoms with Crippen molar-refractivity contribution in [1.82, 2.24) is 10.2 Å². The van der Waals surface area contributed by atoms with E-state index >= 15 is 0 Å². The van der Waals surface area contributed by atoms with Gasteiger partial charge in [0.15, 0.2) is 0 Å². The molecule has 18 heavy (non-hydrogen) atoms. The SMILES string of the molecule is NC(=O)C1CCCN(C(=O)NCCCC(=O)O)C1. The van der Waals surface area contributed by atoms with Gasteiger partial charge in [0.2, 0.25) is 5.91 Å². The van der Waals surface area contributed by atoms with E-state index in [2.05, 4.69) is 5.32 Å². The van der Waals surface area contributed by atoms with Gasteiger partial charge in [-0.25, -0.2) is 4.79 Å². The average molecular weight is 257 g/mol. The first-order valence-electron chi connectivity index (χ1n) is 6.04. The van der Waals surface area contributed by atoms with Crippen molar-refractivity contribution in [3.05, 3.63) is 0 Å². The normalized spacial score (nSPS) is 19.3.